The zero-order valence-electron chi connectivity index (χ0n) is 9.65. The Morgan fingerprint density at radius 3 is 2.94 bits per heavy atom. The minimum atomic E-state index is 0.0220. The monoisotopic (exact) mass is 221 g/mol. The number of hydrogen-bond acceptors (Lipinski definition) is 3. The molecule has 1 atom stereocenters. The van der Waals surface area contributed by atoms with Crippen LogP contribution in [0.1, 0.15) is 25.5 Å². The summed E-state index contributed by atoms with van der Waals surface area (Å²) >= 11 is 0. The first-order valence-corrected chi connectivity index (χ1v) is 5.65. The number of nitrogens with two attached hydrogens (primary N) is 1. The molecule has 1 unspecified atom stereocenters. The van der Waals surface area contributed by atoms with Gasteiger partial charge in [-0.1, -0.05) is 13.0 Å². The summed E-state index contributed by atoms with van der Waals surface area (Å²) in [4.78, 5) is 15.9. The van der Waals surface area contributed by atoms with Gasteiger partial charge in [0.1, 0.15) is 0 Å². The van der Waals surface area contributed by atoms with E-state index in [0.717, 1.165) is 18.5 Å². The van der Waals surface area contributed by atoms with E-state index in [9.17, 15) is 4.79 Å². The predicted octanol–water partition coefficient (Wildman–Crippen LogP) is 1.07. The molecular formula is C12H19N3O. The Balaban J connectivity index is 2.40. The van der Waals surface area contributed by atoms with Gasteiger partial charge in [-0.2, -0.15) is 0 Å². The first-order valence-electron chi connectivity index (χ1n) is 5.65. The topological polar surface area (TPSA) is 68.0 Å². The fourth-order valence-electron chi connectivity index (χ4n) is 1.55. The van der Waals surface area contributed by atoms with Crippen LogP contribution >= 0.6 is 0 Å². The van der Waals surface area contributed by atoms with E-state index in [4.69, 9.17) is 5.73 Å². The molecule has 0 bridgehead atoms. The third kappa shape index (κ3) is 3.98. The van der Waals surface area contributed by atoms with Gasteiger partial charge in [-0.15, -0.1) is 0 Å². The lowest BCUT2D eigenvalue weighted by Gasteiger charge is -2.13. The van der Waals surface area contributed by atoms with Crippen molar-refractivity contribution in [3.05, 3.63) is 30.1 Å². The average Bonchev–Trinajstić information content (AvgIpc) is 2.34. The lowest BCUT2D eigenvalue weighted by Crippen LogP contribution is -2.31. The highest BCUT2D eigenvalue weighted by molar-refractivity contribution is 5.78. The minimum Gasteiger partial charge on any atom is -0.350 e. The van der Waals surface area contributed by atoms with E-state index in [0.29, 0.717) is 13.1 Å². The highest BCUT2D eigenvalue weighted by Gasteiger charge is 2.14. The van der Waals surface area contributed by atoms with Gasteiger partial charge in [0, 0.05) is 12.1 Å². The standard InChI is InChI=1S/C12H19N3O/c1-2-10(6-7-13)12(16)15-9-11-5-3-4-8-14-11/h3-5,8,10H,2,6-7,9,13H2,1H3,(H,15,16). The molecule has 0 aliphatic heterocycles. The van der Waals surface area contributed by atoms with Crippen molar-refractivity contribution >= 4 is 5.91 Å². The van der Waals surface area contributed by atoms with Crippen LogP contribution in [0.3, 0.4) is 0 Å². The number of nitrogens with one attached hydrogen (secondary N) is 1. The Morgan fingerprint density at radius 2 is 2.38 bits per heavy atom. The van der Waals surface area contributed by atoms with Gasteiger partial charge < -0.3 is 11.1 Å². The molecule has 88 valence electrons. The zero-order chi connectivity index (χ0) is 11.8. The van der Waals surface area contributed by atoms with Crippen LogP contribution in [0, 0.1) is 5.92 Å². The van der Waals surface area contributed by atoms with Crippen molar-refractivity contribution in [2.75, 3.05) is 6.54 Å². The number of pyridine rings is 1. The molecule has 1 aromatic heterocycles. The van der Waals surface area contributed by atoms with Crippen LogP contribution < -0.4 is 11.1 Å². The van der Waals surface area contributed by atoms with E-state index in [-0.39, 0.29) is 11.8 Å². The van der Waals surface area contributed by atoms with Crippen LogP contribution in [0.5, 0.6) is 0 Å². The van der Waals surface area contributed by atoms with Crippen molar-refractivity contribution < 1.29 is 4.79 Å². The molecule has 1 heterocycles. The maximum absolute atomic E-state index is 11.7. The number of carbonyl (C=O) groups is 1. The molecule has 0 aromatic carbocycles. The fraction of sp³-hybridized carbons (Fsp3) is 0.500. The second-order valence-corrected chi connectivity index (χ2v) is 3.72. The molecule has 0 aliphatic rings. The Bertz CT molecular complexity index is 313. The molecule has 1 aromatic rings. The summed E-state index contributed by atoms with van der Waals surface area (Å²) < 4.78 is 0. The van der Waals surface area contributed by atoms with Crippen molar-refractivity contribution in [2.24, 2.45) is 11.7 Å². The van der Waals surface area contributed by atoms with Gasteiger partial charge in [0.15, 0.2) is 0 Å². The number of hydrogen-bond donors (Lipinski definition) is 2. The quantitative estimate of drug-likeness (QED) is 0.755. The molecule has 0 aliphatic carbocycles. The second-order valence-electron chi connectivity index (χ2n) is 3.72. The number of aromatic nitrogens is 1. The minimum absolute atomic E-state index is 0.0220. The molecule has 0 spiro atoms. The van der Waals surface area contributed by atoms with Gasteiger partial charge in [0.05, 0.1) is 12.2 Å². The molecule has 1 rings (SSSR count). The van der Waals surface area contributed by atoms with Crippen molar-refractivity contribution in [2.45, 2.75) is 26.3 Å². The summed E-state index contributed by atoms with van der Waals surface area (Å²) in [6, 6.07) is 5.66. The first-order chi connectivity index (χ1) is 7.77. The summed E-state index contributed by atoms with van der Waals surface area (Å²) in [6.07, 6.45) is 3.29. The van der Waals surface area contributed by atoms with Crippen LogP contribution in [0.15, 0.2) is 24.4 Å². The van der Waals surface area contributed by atoms with E-state index >= 15 is 0 Å². The molecule has 4 heteroatoms. The number of amides is 1. The largest absolute Gasteiger partial charge is 0.350 e. The maximum atomic E-state index is 11.7. The molecule has 0 fully saturated rings. The van der Waals surface area contributed by atoms with E-state index in [1.807, 2.05) is 25.1 Å². The van der Waals surface area contributed by atoms with E-state index in [2.05, 4.69) is 10.3 Å². The highest BCUT2D eigenvalue weighted by Crippen LogP contribution is 2.07. The molecule has 4 nitrogen and oxygen atoms in total. The van der Waals surface area contributed by atoms with Gasteiger partial charge in [-0.05, 0) is 31.5 Å². The van der Waals surface area contributed by atoms with E-state index < -0.39 is 0 Å². The van der Waals surface area contributed by atoms with Gasteiger partial charge in [-0.3, -0.25) is 9.78 Å². The van der Waals surface area contributed by atoms with Crippen molar-refractivity contribution in [3.8, 4) is 0 Å². The van der Waals surface area contributed by atoms with Gasteiger partial charge in [0.25, 0.3) is 0 Å². The number of carbonyl (C=O) groups excluding carboxylic acids is 1. The number of nitrogens with zero attached hydrogens (tertiary/aromatic N) is 1. The lowest BCUT2D eigenvalue weighted by atomic mass is 10.0. The first kappa shape index (κ1) is 12.6. The third-order valence-electron chi connectivity index (χ3n) is 2.55. The number of rotatable bonds is 6. The molecule has 16 heavy (non-hydrogen) atoms. The summed E-state index contributed by atoms with van der Waals surface area (Å²) in [6.45, 7) is 3.04. The van der Waals surface area contributed by atoms with Gasteiger partial charge in [0.2, 0.25) is 5.91 Å². The second kappa shape index (κ2) is 6.95. The fourth-order valence-corrected chi connectivity index (χ4v) is 1.55. The van der Waals surface area contributed by atoms with Crippen LogP contribution in [-0.4, -0.2) is 17.4 Å². The summed E-state index contributed by atoms with van der Waals surface area (Å²) in [5.74, 6) is 0.0901. The molecular weight excluding hydrogens is 202 g/mol. The highest BCUT2D eigenvalue weighted by atomic mass is 16.1. The molecule has 0 saturated heterocycles. The van der Waals surface area contributed by atoms with E-state index in [1.54, 1.807) is 6.20 Å². The Morgan fingerprint density at radius 1 is 1.56 bits per heavy atom. The third-order valence-corrected chi connectivity index (χ3v) is 2.55. The molecule has 1 amide bonds. The summed E-state index contributed by atoms with van der Waals surface area (Å²) in [7, 11) is 0. The molecule has 0 radical (unpaired) electrons. The molecule has 3 N–H and O–H groups in total. The Kier molecular flexibility index (Phi) is 5.50. The maximum Gasteiger partial charge on any atom is 0.223 e. The Labute approximate surface area is 96.3 Å². The smallest absolute Gasteiger partial charge is 0.223 e. The average molecular weight is 221 g/mol. The Hall–Kier alpha value is -1.42. The normalized spacial score (nSPS) is 12.1. The van der Waals surface area contributed by atoms with Crippen LogP contribution in [0.2, 0.25) is 0 Å². The van der Waals surface area contributed by atoms with Crippen molar-refractivity contribution in [1.29, 1.82) is 0 Å². The lowest BCUT2D eigenvalue weighted by molar-refractivity contribution is -0.125. The van der Waals surface area contributed by atoms with Gasteiger partial charge >= 0.3 is 0 Å². The summed E-state index contributed by atoms with van der Waals surface area (Å²) in [5, 5.41) is 2.88. The molecule has 0 saturated carbocycles. The van der Waals surface area contributed by atoms with Crippen molar-refractivity contribution in [1.82, 2.24) is 10.3 Å². The van der Waals surface area contributed by atoms with Gasteiger partial charge in [-0.25, -0.2) is 0 Å². The predicted molar refractivity (Wildman–Crippen MR) is 63.5 cm³/mol. The van der Waals surface area contributed by atoms with E-state index in [1.165, 1.54) is 0 Å². The SMILES string of the molecule is CCC(CCN)C(=O)NCc1ccccn1. The van der Waals surface area contributed by atoms with Crippen molar-refractivity contribution in [3.63, 3.8) is 0 Å². The van der Waals surface area contributed by atoms with Crippen LogP contribution in [0.25, 0.3) is 0 Å². The van der Waals surface area contributed by atoms with Crippen LogP contribution in [-0.2, 0) is 11.3 Å². The van der Waals surface area contributed by atoms with Crippen LogP contribution in [0.4, 0.5) is 0 Å². The summed E-state index contributed by atoms with van der Waals surface area (Å²) in [5.41, 5.74) is 6.33. The zero-order valence-corrected chi connectivity index (χ0v) is 9.65.